The highest BCUT2D eigenvalue weighted by Gasteiger charge is 2.69. The van der Waals surface area contributed by atoms with Crippen LogP contribution in [0, 0.1) is 5.21 Å². The summed E-state index contributed by atoms with van der Waals surface area (Å²) in [6.07, 6.45) is 1.45. The van der Waals surface area contributed by atoms with Crippen LogP contribution >= 0.6 is 0 Å². The number of hydrogen-bond acceptors (Lipinski definition) is 5. The summed E-state index contributed by atoms with van der Waals surface area (Å²) in [6, 6.07) is 1.37. The van der Waals surface area contributed by atoms with Crippen molar-refractivity contribution in [3.05, 3.63) is 29.4 Å². The van der Waals surface area contributed by atoms with Gasteiger partial charge in [-0.05, 0) is 31.0 Å². The molecule has 1 saturated heterocycles. The van der Waals surface area contributed by atoms with Crippen molar-refractivity contribution in [1.29, 1.82) is 0 Å². The second kappa shape index (κ2) is 3.55. The van der Waals surface area contributed by atoms with E-state index in [1.165, 1.54) is 6.26 Å². The maximum Gasteiger partial charge on any atom is 0.495 e. The summed E-state index contributed by atoms with van der Waals surface area (Å²) in [6.45, 7) is 3.67. The fourth-order valence-electron chi connectivity index (χ4n) is 2.36. The lowest BCUT2D eigenvalue weighted by atomic mass is 9.97. The molecule has 0 N–H and O–H groups in total. The number of rotatable bonds is 1. The number of nitrogens with zero attached hydrogens (tertiary/aromatic N) is 2. The van der Waals surface area contributed by atoms with Gasteiger partial charge in [-0.3, -0.25) is 9.47 Å². The molecular weight excluding hydrogens is 240 g/mol. The van der Waals surface area contributed by atoms with Crippen LogP contribution in [-0.4, -0.2) is 40.3 Å². The zero-order chi connectivity index (χ0) is 13.0. The van der Waals surface area contributed by atoms with Gasteiger partial charge >= 0.3 is 6.03 Å². The van der Waals surface area contributed by atoms with E-state index in [4.69, 9.17) is 13.9 Å². The van der Waals surface area contributed by atoms with E-state index in [0.717, 1.165) is 0 Å². The first-order valence-corrected chi connectivity index (χ1v) is 5.64. The van der Waals surface area contributed by atoms with Crippen molar-refractivity contribution in [3.8, 4) is 0 Å². The van der Waals surface area contributed by atoms with Crippen LogP contribution in [0.25, 0.3) is 0 Å². The summed E-state index contributed by atoms with van der Waals surface area (Å²) in [4.78, 5) is 0. The topological polar surface area (TPSA) is 80.8 Å². The first-order chi connectivity index (χ1) is 8.50. The van der Waals surface area contributed by atoms with E-state index in [1.807, 2.05) is 0 Å². The molecule has 1 fully saturated rings. The minimum Gasteiger partial charge on any atom is -0.618 e. The van der Waals surface area contributed by atoms with Crippen molar-refractivity contribution >= 4 is 5.71 Å². The molecule has 1 spiro atoms. The zero-order valence-corrected chi connectivity index (χ0v) is 10.1. The number of furan rings is 1. The molecule has 97 valence electrons. The Kier molecular flexibility index (Phi) is 2.30. The summed E-state index contributed by atoms with van der Waals surface area (Å²) in [7, 11) is 0. The van der Waals surface area contributed by atoms with Gasteiger partial charge in [-0.15, -0.1) is 9.95 Å². The average molecular weight is 253 g/mol. The zero-order valence-electron chi connectivity index (χ0n) is 10.1. The van der Waals surface area contributed by atoms with Gasteiger partial charge in [0.25, 0.3) is 5.71 Å². The SMILES string of the molecule is CC1(C)C(c2ccco2)=[N+]([O-])C2(OCCO2)N1[O]. The first kappa shape index (κ1) is 11.7. The van der Waals surface area contributed by atoms with Crippen LogP contribution in [0.2, 0.25) is 0 Å². The number of ether oxygens (including phenoxy) is 2. The lowest BCUT2D eigenvalue weighted by molar-refractivity contribution is -0.711. The minimum atomic E-state index is -1.91. The molecule has 0 saturated carbocycles. The van der Waals surface area contributed by atoms with Crippen LogP contribution < -0.4 is 0 Å². The van der Waals surface area contributed by atoms with Crippen LogP contribution in [0.3, 0.4) is 0 Å². The molecule has 18 heavy (non-hydrogen) atoms. The Bertz CT molecular complexity index is 488. The Morgan fingerprint density at radius 3 is 2.61 bits per heavy atom. The molecule has 1 aromatic heterocycles. The van der Waals surface area contributed by atoms with Crippen LogP contribution in [0.5, 0.6) is 0 Å². The molecule has 0 aromatic carbocycles. The fraction of sp³-hybridized carbons (Fsp3) is 0.545. The predicted molar refractivity (Wildman–Crippen MR) is 57.7 cm³/mol. The lowest BCUT2D eigenvalue weighted by Crippen LogP contribution is -2.54. The van der Waals surface area contributed by atoms with Gasteiger partial charge in [0.2, 0.25) is 0 Å². The number of hydroxylamine groups is 3. The van der Waals surface area contributed by atoms with E-state index < -0.39 is 11.6 Å². The van der Waals surface area contributed by atoms with Crippen LogP contribution in [-0.2, 0) is 14.7 Å². The summed E-state index contributed by atoms with van der Waals surface area (Å²) in [5.74, 6) is 0.340. The molecule has 7 heteroatoms. The number of hydrogen-bond donors (Lipinski definition) is 0. The molecule has 3 rings (SSSR count). The van der Waals surface area contributed by atoms with Crippen molar-refractivity contribution in [2.45, 2.75) is 25.4 Å². The Morgan fingerprint density at radius 1 is 1.39 bits per heavy atom. The first-order valence-electron chi connectivity index (χ1n) is 5.64. The third-order valence-corrected chi connectivity index (χ3v) is 3.22. The van der Waals surface area contributed by atoms with Gasteiger partial charge in [0.05, 0.1) is 19.5 Å². The van der Waals surface area contributed by atoms with E-state index in [9.17, 15) is 10.4 Å². The van der Waals surface area contributed by atoms with Crippen molar-refractivity contribution in [3.63, 3.8) is 0 Å². The highest BCUT2D eigenvalue weighted by atomic mass is 16.8. The third-order valence-electron chi connectivity index (χ3n) is 3.22. The van der Waals surface area contributed by atoms with Gasteiger partial charge in [0.15, 0.2) is 5.76 Å². The molecule has 3 heterocycles. The molecule has 1 aromatic rings. The summed E-state index contributed by atoms with van der Waals surface area (Å²) in [5, 5.41) is 25.3. The molecule has 0 aliphatic carbocycles. The van der Waals surface area contributed by atoms with Gasteiger partial charge in [0, 0.05) is 0 Å². The van der Waals surface area contributed by atoms with Gasteiger partial charge in [-0.2, -0.15) is 0 Å². The average Bonchev–Trinajstić information content (AvgIpc) is 3.00. The molecular formula is C11H13N2O5. The van der Waals surface area contributed by atoms with Crippen LogP contribution in [0.4, 0.5) is 0 Å². The Morgan fingerprint density at radius 2 is 2.06 bits per heavy atom. The van der Waals surface area contributed by atoms with E-state index >= 15 is 0 Å². The Labute approximate surface area is 103 Å². The lowest BCUT2D eigenvalue weighted by Gasteiger charge is -2.26. The van der Waals surface area contributed by atoms with Gasteiger partial charge in [-0.25, -0.2) is 0 Å². The molecule has 0 amide bonds. The fourth-order valence-corrected chi connectivity index (χ4v) is 2.36. The van der Waals surface area contributed by atoms with E-state index in [-0.39, 0.29) is 18.9 Å². The van der Waals surface area contributed by atoms with E-state index in [1.54, 1.807) is 26.0 Å². The highest BCUT2D eigenvalue weighted by Crippen LogP contribution is 2.39. The molecule has 7 nitrogen and oxygen atoms in total. The Balaban J connectivity index is 2.17. The molecule has 2 aliphatic rings. The molecule has 1 radical (unpaired) electrons. The second-order valence-electron chi connectivity index (χ2n) is 4.72. The maximum atomic E-state index is 12.4. The second-order valence-corrected chi connectivity index (χ2v) is 4.72. The van der Waals surface area contributed by atoms with Crippen LogP contribution in [0.1, 0.15) is 19.6 Å². The third kappa shape index (κ3) is 1.24. The van der Waals surface area contributed by atoms with Crippen molar-refractivity contribution in [2.75, 3.05) is 13.2 Å². The van der Waals surface area contributed by atoms with Crippen molar-refractivity contribution in [1.82, 2.24) is 5.06 Å². The summed E-state index contributed by atoms with van der Waals surface area (Å²) < 4.78 is 16.1. The van der Waals surface area contributed by atoms with Crippen molar-refractivity contribution in [2.24, 2.45) is 0 Å². The predicted octanol–water partition coefficient (Wildman–Crippen LogP) is 0.677. The quantitative estimate of drug-likeness (QED) is 0.543. The summed E-state index contributed by atoms with van der Waals surface area (Å²) in [5.41, 5.74) is -0.895. The monoisotopic (exact) mass is 253 g/mol. The standard InChI is InChI=1S/C11H13N2O5/c1-10(2)9(8-4-3-5-16-8)12(14)11(13(10)15)17-6-7-18-11/h3-5H,6-7H2,1-2H3. The summed E-state index contributed by atoms with van der Waals surface area (Å²) >= 11 is 0. The minimum absolute atomic E-state index is 0.199. The largest absolute Gasteiger partial charge is 0.618 e. The highest BCUT2D eigenvalue weighted by molar-refractivity contribution is 6.02. The molecule has 0 bridgehead atoms. The molecule has 2 aliphatic heterocycles. The van der Waals surface area contributed by atoms with Gasteiger partial charge in [0.1, 0.15) is 5.54 Å². The van der Waals surface area contributed by atoms with E-state index in [0.29, 0.717) is 15.6 Å². The molecule has 0 atom stereocenters. The smallest absolute Gasteiger partial charge is 0.495 e. The normalized spacial score (nSPS) is 26.4. The van der Waals surface area contributed by atoms with Gasteiger partial charge < -0.3 is 9.62 Å². The van der Waals surface area contributed by atoms with Crippen molar-refractivity contribution < 1.29 is 23.8 Å². The van der Waals surface area contributed by atoms with Gasteiger partial charge in [-0.1, -0.05) is 0 Å². The molecule has 0 unspecified atom stereocenters. The van der Waals surface area contributed by atoms with E-state index in [2.05, 4.69) is 0 Å². The Hall–Kier alpha value is -1.41. The maximum absolute atomic E-state index is 12.4. The van der Waals surface area contributed by atoms with Crippen LogP contribution in [0.15, 0.2) is 22.8 Å².